The number of nitrogens with zero attached hydrogens (tertiary/aromatic N) is 2. The molecule has 0 atom stereocenters. The zero-order valence-corrected chi connectivity index (χ0v) is 24.3. The number of thioether (sulfide) groups is 1. The van der Waals surface area contributed by atoms with Gasteiger partial charge in [-0.15, -0.1) is 0 Å². The fraction of sp³-hybridized carbons (Fsp3) is 0.133. The highest BCUT2D eigenvalue weighted by molar-refractivity contribution is 8.18. The molecule has 208 valence electrons. The van der Waals surface area contributed by atoms with E-state index < -0.39 is 29.6 Å². The second kappa shape index (κ2) is 11.8. The minimum Gasteiger partial charge on any atom is -0.465 e. The molecule has 3 aromatic carbocycles. The van der Waals surface area contributed by atoms with Crippen molar-refractivity contribution in [1.82, 2.24) is 9.47 Å². The Morgan fingerprint density at radius 2 is 1.73 bits per heavy atom. The van der Waals surface area contributed by atoms with Crippen LogP contribution in [0.1, 0.15) is 27.2 Å². The minimum absolute atomic E-state index is 0.0742. The monoisotopic (exact) mass is 607 g/mol. The van der Waals surface area contributed by atoms with Gasteiger partial charge < -0.3 is 14.6 Å². The van der Waals surface area contributed by atoms with E-state index in [2.05, 4.69) is 9.88 Å². The molecule has 11 heteroatoms. The molecule has 0 aliphatic carbocycles. The van der Waals surface area contributed by atoms with Crippen LogP contribution in [-0.2, 0) is 20.9 Å². The Hall–Kier alpha value is -4.05. The largest absolute Gasteiger partial charge is 0.465 e. The molecule has 1 N–H and O–H groups in total. The maximum absolute atomic E-state index is 13.3. The molecule has 1 fully saturated rings. The first kappa shape index (κ1) is 28.5. The highest BCUT2D eigenvalue weighted by Crippen LogP contribution is 2.36. The first-order valence-electron chi connectivity index (χ1n) is 12.4. The van der Waals surface area contributed by atoms with Crippen LogP contribution in [0.15, 0.2) is 71.6 Å². The van der Waals surface area contributed by atoms with Crippen LogP contribution in [0.5, 0.6) is 0 Å². The zero-order chi connectivity index (χ0) is 29.3. The Kier molecular flexibility index (Phi) is 8.21. The second-order valence-corrected chi connectivity index (χ2v) is 11.0. The molecule has 3 amide bonds. The van der Waals surface area contributed by atoms with Crippen LogP contribution in [-0.4, -0.2) is 46.1 Å². The summed E-state index contributed by atoms with van der Waals surface area (Å²) in [5.41, 5.74) is 3.97. The molecule has 0 spiro atoms. The zero-order valence-electron chi connectivity index (χ0n) is 21.9. The number of benzene rings is 3. The van der Waals surface area contributed by atoms with E-state index in [1.54, 1.807) is 6.08 Å². The van der Waals surface area contributed by atoms with Crippen LogP contribution in [0.2, 0.25) is 10.0 Å². The van der Waals surface area contributed by atoms with Gasteiger partial charge in [-0.2, -0.15) is 0 Å². The van der Waals surface area contributed by atoms with Gasteiger partial charge in [-0.3, -0.25) is 19.3 Å². The molecule has 0 bridgehead atoms. The SMILES string of the molecule is COC(=O)c1cc(NC(=O)CN2C(=O)S/C(=C\c3c(C)n(Cc4ccccc4Cl)c4ccccc34)C2=O)ccc1Cl. The third-order valence-corrected chi connectivity index (χ3v) is 8.28. The number of fused-ring (bicyclic) bond motifs is 1. The number of esters is 1. The number of carbonyl (C=O) groups excluding carboxylic acids is 4. The maximum atomic E-state index is 13.3. The van der Waals surface area contributed by atoms with Gasteiger partial charge in [-0.1, -0.05) is 59.6 Å². The van der Waals surface area contributed by atoms with Crippen molar-refractivity contribution in [3.63, 3.8) is 0 Å². The van der Waals surface area contributed by atoms with Crippen LogP contribution in [0.3, 0.4) is 0 Å². The van der Waals surface area contributed by atoms with Gasteiger partial charge in [0, 0.05) is 39.4 Å². The maximum Gasteiger partial charge on any atom is 0.339 e. The highest BCUT2D eigenvalue weighted by atomic mass is 35.5. The molecule has 1 saturated heterocycles. The standard InChI is InChI=1S/C30H23Cl2N3O5S/c1-17-21(20-8-4-6-10-25(20)34(17)15-18-7-3-5-9-23(18)31)14-26-28(37)35(30(39)41-26)16-27(36)33-19-11-12-24(32)22(13-19)29(38)40-2/h3-14H,15-16H2,1-2H3,(H,33,36)/b26-14-. The predicted octanol–water partition coefficient (Wildman–Crippen LogP) is 6.77. The van der Waals surface area contributed by atoms with Crippen molar-refractivity contribution < 1.29 is 23.9 Å². The summed E-state index contributed by atoms with van der Waals surface area (Å²) in [6, 6.07) is 19.7. The Balaban J connectivity index is 1.38. The lowest BCUT2D eigenvalue weighted by molar-refractivity contribution is -0.127. The summed E-state index contributed by atoms with van der Waals surface area (Å²) in [5.74, 6) is -1.84. The van der Waals surface area contributed by atoms with E-state index in [-0.39, 0.29) is 21.2 Å². The fourth-order valence-electron chi connectivity index (χ4n) is 4.62. The van der Waals surface area contributed by atoms with Crippen LogP contribution in [0, 0.1) is 6.92 Å². The van der Waals surface area contributed by atoms with Gasteiger partial charge in [-0.25, -0.2) is 4.79 Å². The molecule has 1 aliphatic heterocycles. The summed E-state index contributed by atoms with van der Waals surface area (Å²) in [4.78, 5) is 51.8. The fourth-order valence-corrected chi connectivity index (χ4v) is 5.83. The smallest absolute Gasteiger partial charge is 0.339 e. The first-order chi connectivity index (χ1) is 19.7. The second-order valence-electron chi connectivity index (χ2n) is 9.20. The van der Waals surface area contributed by atoms with E-state index in [9.17, 15) is 19.2 Å². The minimum atomic E-state index is -0.661. The van der Waals surface area contributed by atoms with Gasteiger partial charge >= 0.3 is 5.97 Å². The molecule has 4 aromatic rings. The molecular formula is C30H23Cl2N3O5S. The molecule has 2 heterocycles. The van der Waals surface area contributed by atoms with Gasteiger partial charge in [0.1, 0.15) is 6.54 Å². The molecule has 1 aliphatic rings. The van der Waals surface area contributed by atoms with Gasteiger partial charge in [0.2, 0.25) is 5.91 Å². The topological polar surface area (TPSA) is 97.7 Å². The number of anilines is 1. The number of rotatable bonds is 7. The molecule has 8 nitrogen and oxygen atoms in total. The van der Waals surface area contributed by atoms with Crippen LogP contribution < -0.4 is 5.32 Å². The van der Waals surface area contributed by atoms with Crippen LogP contribution in [0.4, 0.5) is 10.5 Å². The highest BCUT2D eigenvalue weighted by Gasteiger charge is 2.36. The van der Waals surface area contributed by atoms with E-state index in [1.807, 2.05) is 55.5 Å². The first-order valence-corrected chi connectivity index (χ1v) is 14.0. The number of carbonyl (C=O) groups is 4. The number of aromatic nitrogens is 1. The van der Waals surface area contributed by atoms with E-state index in [0.717, 1.165) is 44.4 Å². The number of hydrogen-bond acceptors (Lipinski definition) is 6. The molecule has 0 saturated carbocycles. The molecular weight excluding hydrogens is 585 g/mol. The summed E-state index contributed by atoms with van der Waals surface area (Å²) in [6.07, 6.45) is 1.70. The summed E-state index contributed by atoms with van der Waals surface area (Å²) < 4.78 is 6.81. The average molecular weight is 609 g/mol. The number of imide groups is 1. The number of nitrogens with one attached hydrogen (secondary N) is 1. The van der Waals surface area contributed by atoms with E-state index >= 15 is 0 Å². The molecule has 41 heavy (non-hydrogen) atoms. The normalized spacial score (nSPS) is 14.2. The van der Waals surface area contributed by atoms with Gasteiger partial charge in [0.05, 0.1) is 22.6 Å². The van der Waals surface area contributed by atoms with Crippen molar-refractivity contribution in [2.75, 3.05) is 19.0 Å². The molecule has 0 radical (unpaired) electrons. The van der Waals surface area contributed by atoms with Gasteiger partial charge in [-0.05, 0) is 60.7 Å². The number of halogens is 2. The van der Waals surface area contributed by atoms with Crippen molar-refractivity contribution >= 4 is 80.7 Å². The molecule has 5 rings (SSSR count). The average Bonchev–Trinajstić information content (AvgIpc) is 3.37. The number of hydrogen-bond donors (Lipinski definition) is 1. The lowest BCUT2D eigenvalue weighted by Gasteiger charge is -2.13. The van der Waals surface area contributed by atoms with E-state index in [4.69, 9.17) is 27.9 Å². The van der Waals surface area contributed by atoms with Crippen molar-refractivity contribution in [2.24, 2.45) is 0 Å². The summed E-state index contributed by atoms with van der Waals surface area (Å²) in [7, 11) is 1.22. The quantitative estimate of drug-likeness (QED) is 0.184. The lowest BCUT2D eigenvalue weighted by Crippen LogP contribution is -2.36. The third-order valence-electron chi connectivity index (χ3n) is 6.67. The van der Waals surface area contributed by atoms with Crippen molar-refractivity contribution in [1.29, 1.82) is 0 Å². The lowest BCUT2D eigenvalue weighted by atomic mass is 10.1. The Labute approximate surface area is 249 Å². The Bertz CT molecular complexity index is 1760. The van der Waals surface area contributed by atoms with Crippen molar-refractivity contribution in [2.45, 2.75) is 13.5 Å². The number of methoxy groups -OCH3 is 1. The Morgan fingerprint density at radius 1 is 1.00 bits per heavy atom. The summed E-state index contributed by atoms with van der Waals surface area (Å²) in [6.45, 7) is 1.99. The van der Waals surface area contributed by atoms with Gasteiger partial charge in [0.25, 0.3) is 11.1 Å². The van der Waals surface area contributed by atoms with Crippen molar-refractivity contribution in [3.05, 3.63) is 104 Å². The van der Waals surface area contributed by atoms with E-state index in [0.29, 0.717) is 11.6 Å². The van der Waals surface area contributed by atoms with Crippen molar-refractivity contribution in [3.8, 4) is 0 Å². The van der Waals surface area contributed by atoms with Gasteiger partial charge in [0.15, 0.2) is 0 Å². The number of para-hydroxylation sites is 1. The van der Waals surface area contributed by atoms with E-state index in [1.165, 1.54) is 25.3 Å². The molecule has 1 aromatic heterocycles. The number of ether oxygens (including phenoxy) is 1. The predicted molar refractivity (Wildman–Crippen MR) is 161 cm³/mol. The Morgan fingerprint density at radius 3 is 2.49 bits per heavy atom. The number of amides is 3. The van der Waals surface area contributed by atoms with Crippen LogP contribution in [0.25, 0.3) is 17.0 Å². The molecule has 0 unspecified atom stereocenters. The third kappa shape index (κ3) is 5.74. The summed E-state index contributed by atoms with van der Waals surface area (Å²) >= 11 is 13.2. The van der Waals surface area contributed by atoms with Crippen LogP contribution >= 0.6 is 35.0 Å². The summed E-state index contributed by atoms with van der Waals surface area (Å²) in [5, 5.41) is 3.78.